The standard InChI is InChI=1S/C12H9NO4/c1-7(14)17-10-9(11(15)13-12(10)16)8-5-3-2-4-6-8/h2-6H,1H3,(H,13,15,16). The number of hydrogen-bond acceptors (Lipinski definition) is 4. The molecule has 17 heavy (non-hydrogen) atoms. The number of benzene rings is 1. The summed E-state index contributed by atoms with van der Waals surface area (Å²) in [5.41, 5.74) is 0.623. The molecule has 0 aromatic heterocycles. The van der Waals surface area contributed by atoms with Crippen molar-refractivity contribution < 1.29 is 19.1 Å². The van der Waals surface area contributed by atoms with E-state index in [-0.39, 0.29) is 11.3 Å². The lowest BCUT2D eigenvalue weighted by molar-refractivity contribution is -0.140. The molecule has 0 saturated carbocycles. The summed E-state index contributed by atoms with van der Waals surface area (Å²) in [5.74, 6) is -2.13. The Hall–Kier alpha value is -2.43. The molecule has 86 valence electrons. The molecule has 1 N–H and O–H groups in total. The fourth-order valence-corrected chi connectivity index (χ4v) is 1.55. The molecular weight excluding hydrogens is 222 g/mol. The second kappa shape index (κ2) is 4.21. The van der Waals surface area contributed by atoms with E-state index in [0.717, 1.165) is 0 Å². The number of esters is 1. The monoisotopic (exact) mass is 231 g/mol. The normalized spacial score (nSPS) is 14.9. The SMILES string of the molecule is CC(=O)OC1=C(c2ccccc2)C(=O)NC1=O. The Morgan fingerprint density at radius 2 is 1.76 bits per heavy atom. The molecule has 0 unspecified atom stereocenters. The minimum absolute atomic E-state index is 0.0887. The lowest BCUT2D eigenvalue weighted by Gasteiger charge is -2.02. The molecule has 2 amide bonds. The second-order valence-corrected chi connectivity index (χ2v) is 3.45. The number of carbonyl (C=O) groups is 3. The highest BCUT2D eigenvalue weighted by molar-refractivity contribution is 6.35. The summed E-state index contributed by atoms with van der Waals surface area (Å²) in [6.45, 7) is 1.17. The zero-order chi connectivity index (χ0) is 12.4. The predicted molar refractivity (Wildman–Crippen MR) is 58.3 cm³/mol. The van der Waals surface area contributed by atoms with Crippen molar-refractivity contribution in [3.8, 4) is 0 Å². The third kappa shape index (κ3) is 2.08. The van der Waals surface area contributed by atoms with Crippen LogP contribution in [0.3, 0.4) is 0 Å². The third-order valence-corrected chi connectivity index (χ3v) is 2.20. The maximum absolute atomic E-state index is 11.6. The Kier molecular flexibility index (Phi) is 2.74. The van der Waals surface area contributed by atoms with Gasteiger partial charge in [0.05, 0.1) is 5.57 Å². The van der Waals surface area contributed by atoms with Crippen LogP contribution in [-0.4, -0.2) is 17.8 Å². The summed E-state index contributed by atoms with van der Waals surface area (Å²) >= 11 is 0. The van der Waals surface area contributed by atoms with Crippen LogP contribution in [0.4, 0.5) is 0 Å². The van der Waals surface area contributed by atoms with Crippen LogP contribution in [0.2, 0.25) is 0 Å². The quantitative estimate of drug-likeness (QED) is 0.598. The molecule has 0 spiro atoms. The highest BCUT2D eigenvalue weighted by atomic mass is 16.5. The van der Waals surface area contributed by atoms with E-state index in [1.54, 1.807) is 30.3 Å². The van der Waals surface area contributed by atoms with Crippen LogP contribution in [0.25, 0.3) is 5.57 Å². The van der Waals surface area contributed by atoms with E-state index in [4.69, 9.17) is 4.74 Å². The van der Waals surface area contributed by atoms with Crippen molar-refractivity contribution in [2.75, 3.05) is 0 Å². The van der Waals surface area contributed by atoms with E-state index in [2.05, 4.69) is 5.32 Å². The fourth-order valence-electron chi connectivity index (χ4n) is 1.55. The number of hydrogen-bond donors (Lipinski definition) is 1. The van der Waals surface area contributed by atoms with Gasteiger partial charge in [-0.15, -0.1) is 0 Å². The largest absolute Gasteiger partial charge is 0.420 e. The summed E-state index contributed by atoms with van der Waals surface area (Å²) in [6, 6.07) is 8.56. The molecule has 5 nitrogen and oxygen atoms in total. The van der Waals surface area contributed by atoms with Gasteiger partial charge in [0.15, 0.2) is 0 Å². The highest BCUT2D eigenvalue weighted by Gasteiger charge is 2.33. The number of imide groups is 1. The van der Waals surface area contributed by atoms with Crippen molar-refractivity contribution in [1.29, 1.82) is 0 Å². The molecule has 1 aliphatic rings. The highest BCUT2D eigenvalue weighted by Crippen LogP contribution is 2.24. The third-order valence-electron chi connectivity index (χ3n) is 2.20. The van der Waals surface area contributed by atoms with Crippen molar-refractivity contribution in [3.05, 3.63) is 41.7 Å². The molecule has 1 heterocycles. The van der Waals surface area contributed by atoms with E-state index in [9.17, 15) is 14.4 Å². The maximum atomic E-state index is 11.6. The first-order valence-corrected chi connectivity index (χ1v) is 4.93. The van der Waals surface area contributed by atoms with Crippen molar-refractivity contribution >= 4 is 23.4 Å². The molecule has 0 aliphatic carbocycles. The molecule has 1 aliphatic heterocycles. The van der Waals surface area contributed by atoms with Crippen LogP contribution in [0.5, 0.6) is 0 Å². The van der Waals surface area contributed by atoms with E-state index in [1.165, 1.54) is 6.92 Å². The summed E-state index contributed by atoms with van der Waals surface area (Å²) in [5, 5.41) is 2.09. The molecule has 0 fully saturated rings. The second-order valence-electron chi connectivity index (χ2n) is 3.45. The molecule has 0 bridgehead atoms. The van der Waals surface area contributed by atoms with Gasteiger partial charge < -0.3 is 4.74 Å². The zero-order valence-corrected chi connectivity index (χ0v) is 9.02. The van der Waals surface area contributed by atoms with Crippen LogP contribution in [0.1, 0.15) is 12.5 Å². The van der Waals surface area contributed by atoms with Crippen LogP contribution >= 0.6 is 0 Å². The average molecular weight is 231 g/mol. The van der Waals surface area contributed by atoms with Crippen molar-refractivity contribution in [2.24, 2.45) is 0 Å². The average Bonchev–Trinajstić information content (AvgIpc) is 2.54. The first-order valence-electron chi connectivity index (χ1n) is 4.93. The Morgan fingerprint density at radius 3 is 2.35 bits per heavy atom. The van der Waals surface area contributed by atoms with E-state index in [1.807, 2.05) is 0 Å². The molecule has 0 saturated heterocycles. The van der Waals surface area contributed by atoms with Gasteiger partial charge in [0.1, 0.15) is 0 Å². The first-order chi connectivity index (χ1) is 8.09. The zero-order valence-electron chi connectivity index (χ0n) is 9.02. The summed E-state index contributed by atoms with van der Waals surface area (Å²) in [6.07, 6.45) is 0. The Balaban J connectivity index is 2.52. The van der Waals surface area contributed by atoms with Gasteiger partial charge in [0.2, 0.25) is 5.76 Å². The molecule has 2 rings (SSSR count). The van der Waals surface area contributed by atoms with Gasteiger partial charge >= 0.3 is 5.97 Å². The molecule has 0 radical (unpaired) electrons. The van der Waals surface area contributed by atoms with Gasteiger partial charge in [-0.05, 0) is 5.56 Å². The van der Waals surface area contributed by atoms with E-state index >= 15 is 0 Å². The molecule has 0 atom stereocenters. The maximum Gasteiger partial charge on any atom is 0.308 e. The minimum atomic E-state index is -0.691. The summed E-state index contributed by atoms with van der Waals surface area (Å²) < 4.78 is 4.77. The van der Waals surface area contributed by atoms with Gasteiger partial charge in [-0.3, -0.25) is 19.7 Å². The van der Waals surface area contributed by atoms with Crippen molar-refractivity contribution in [1.82, 2.24) is 5.32 Å². The van der Waals surface area contributed by atoms with Gasteiger partial charge in [-0.1, -0.05) is 30.3 Å². The number of rotatable bonds is 2. The number of nitrogens with one attached hydrogen (secondary N) is 1. The molecular formula is C12H9NO4. The lowest BCUT2D eigenvalue weighted by Crippen LogP contribution is -2.23. The Bertz CT molecular complexity index is 531. The molecule has 1 aromatic carbocycles. The Morgan fingerprint density at radius 1 is 1.12 bits per heavy atom. The van der Waals surface area contributed by atoms with Gasteiger partial charge in [0.25, 0.3) is 11.8 Å². The number of carbonyl (C=O) groups excluding carboxylic acids is 3. The number of amides is 2. The minimum Gasteiger partial charge on any atom is -0.420 e. The summed E-state index contributed by atoms with van der Waals surface area (Å²) in [4.78, 5) is 33.9. The van der Waals surface area contributed by atoms with E-state index < -0.39 is 17.8 Å². The topological polar surface area (TPSA) is 72.5 Å². The first kappa shape index (κ1) is 11.1. The molecule has 1 aromatic rings. The predicted octanol–water partition coefficient (Wildman–Crippen LogP) is 0.617. The Labute approximate surface area is 97.1 Å². The van der Waals surface area contributed by atoms with Crippen LogP contribution in [0.15, 0.2) is 36.1 Å². The smallest absolute Gasteiger partial charge is 0.308 e. The lowest BCUT2D eigenvalue weighted by atomic mass is 10.1. The fraction of sp³-hybridized carbons (Fsp3) is 0.0833. The van der Waals surface area contributed by atoms with E-state index in [0.29, 0.717) is 5.56 Å². The van der Waals surface area contributed by atoms with Crippen LogP contribution in [-0.2, 0) is 19.1 Å². The van der Waals surface area contributed by atoms with Crippen LogP contribution < -0.4 is 5.32 Å². The van der Waals surface area contributed by atoms with Crippen molar-refractivity contribution in [2.45, 2.75) is 6.92 Å². The molecule has 5 heteroatoms. The van der Waals surface area contributed by atoms with Gasteiger partial charge in [-0.25, -0.2) is 0 Å². The van der Waals surface area contributed by atoms with Crippen molar-refractivity contribution in [3.63, 3.8) is 0 Å². The number of ether oxygens (including phenoxy) is 1. The summed E-state index contributed by atoms with van der Waals surface area (Å²) in [7, 11) is 0. The van der Waals surface area contributed by atoms with Gasteiger partial charge in [-0.2, -0.15) is 0 Å². The van der Waals surface area contributed by atoms with Crippen LogP contribution in [0, 0.1) is 0 Å². The van der Waals surface area contributed by atoms with Gasteiger partial charge in [0, 0.05) is 6.92 Å².